The average molecular weight is 413 g/mol. The monoisotopic (exact) mass is 412 g/mol. The fraction of sp³-hybridized carbons (Fsp3) is 0.150. The third-order valence-corrected chi connectivity index (χ3v) is 4.34. The Labute approximate surface area is 159 Å². The summed E-state index contributed by atoms with van der Waals surface area (Å²) >= 11 is 3.47. The first-order valence-electron chi connectivity index (χ1n) is 8.06. The molecular weight excluding hydrogens is 396 g/mol. The summed E-state index contributed by atoms with van der Waals surface area (Å²) < 4.78 is 11.8. The maximum Gasteiger partial charge on any atom is 0.331 e. The minimum Gasteiger partial charge on any atom is -0.449 e. The molecule has 0 N–H and O–H groups in total. The fourth-order valence-corrected chi connectivity index (χ4v) is 2.91. The molecule has 1 heterocycles. The van der Waals surface area contributed by atoms with E-state index in [2.05, 4.69) is 26.1 Å². The first-order valence-corrected chi connectivity index (χ1v) is 8.86. The Balaban J connectivity index is 1.64. The van der Waals surface area contributed by atoms with Crippen molar-refractivity contribution in [1.29, 1.82) is 0 Å². The van der Waals surface area contributed by atoms with Gasteiger partial charge in [-0.05, 0) is 49.2 Å². The van der Waals surface area contributed by atoms with E-state index in [1.807, 2.05) is 55.5 Å². The molecule has 0 aliphatic rings. The van der Waals surface area contributed by atoms with Crippen LogP contribution in [-0.2, 0) is 9.53 Å². The number of esters is 1. The third-order valence-electron chi connectivity index (χ3n) is 3.66. The summed E-state index contributed by atoms with van der Waals surface area (Å²) in [5, 5.41) is 7.96. The van der Waals surface area contributed by atoms with Gasteiger partial charge in [-0.25, -0.2) is 4.79 Å². The molecule has 3 aromatic rings. The van der Waals surface area contributed by atoms with E-state index < -0.39 is 12.1 Å². The summed E-state index contributed by atoms with van der Waals surface area (Å²) in [5.41, 5.74) is 2.84. The van der Waals surface area contributed by atoms with Gasteiger partial charge in [0.05, 0.1) is 0 Å². The molecule has 26 heavy (non-hydrogen) atoms. The van der Waals surface area contributed by atoms with E-state index in [0.29, 0.717) is 5.89 Å². The van der Waals surface area contributed by atoms with Gasteiger partial charge in [-0.3, -0.25) is 0 Å². The molecule has 1 atom stereocenters. The van der Waals surface area contributed by atoms with Crippen molar-refractivity contribution < 1.29 is 13.9 Å². The number of nitrogens with zero attached hydrogens (tertiary/aromatic N) is 2. The smallest absolute Gasteiger partial charge is 0.331 e. The summed E-state index contributed by atoms with van der Waals surface area (Å²) in [6.45, 7) is 3.69. The third kappa shape index (κ3) is 4.46. The molecule has 1 aromatic heterocycles. The number of aromatic nitrogens is 2. The van der Waals surface area contributed by atoms with Gasteiger partial charge in [-0.1, -0.05) is 46.3 Å². The lowest BCUT2D eigenvalue weighted by Crippen LogP contribution is -2.06. The van der Waals surface area contributed by atoms with Gasteiger partial charge in [0.25, 0.3) is 5.89 Å². The number of benzene rings is 2. The van der Waals surface area contributed by atoms with Gasteiger partial charge in [-0.2, -0.15) is 0 Å². The molecule has 5 nitrogen and oxygen atoms in total. The van der Waals surface area contributed by atoms with Gasteiger partial charge in [0.15, 0.2) is 6.10 Å². The average Bonchev–Trinajstić information content (AvgIpc) is 3.12. The van der Waals surface area contributed by atoms with Crippen molar-refractivity contribution >= 4 is 28.0 Å². The molecule has 0 unspecified atom stereocenters. The quantitative estimate of drug-likeness (QED) is 0.429. The van der Waals surface area contributed by atoms with Gasteiger partial charge in [0.2, 0.25) is 5.89 Å². The standard InChI is InChI=1S/C20H17BrN2O3/c1-13-8-9-15(17(21)12-13)10-11-18(24)25-14(2)19-22-23-20(26-19)16-6-4-3-5-7-16/h3-12,14H,1-2H3/b11-10+/t14-/m0/s1. The van der Waals surface area contributed by atoms with Gasteiger partial charge in [0, 0.05) is 16.1 Å². The zero-order valence-corrected chi connectivity index (χ0v) is 15.9. The van der Waals surface area contributed by atoms with Crippen LogP contribution in [0, 0.1) is 6.92 Å². The fourth-order valence-electron chi connectivity index (χ4n) is 2.29. The van der Waals surface area contributed by atoms with Gasteiger partial charge in [0.1, 0.15) is 0 Å². The number of hydrogen-bond donors (Lipinski definition) is 0. The molecule has 0 amide bonds. The van der Waals surface area contributed by atoms with Crippen LogP contribution >= 0.6 is 15.9 Å². The highest BCUT2D eigenvalue weighted by Crippen LogP contribution is 2.23. The lowest BCUT2D eigenvalue weighted by molar-refractivity contribution is -0.143. The van der Waals surface area contributed by atoms with Gasteiger partial charge in [-0.15, -0.1) is 10.2 Å². The number of rotatable bonds is 5. The molecule has 0 saturated carbocycles. The molecule has 0 fully saturated rings. The highest BCUT2D eigenvalue weighted by Gasteiger charge is 2.18. The van der Waals surface area contributed by atoms with E-state index in [0.717, 1.165) is 21.2 Å². The predicted molar refractivity (Wildman–Crippen MR) is 102 cm³/mol. The molecule has 3 rings (SSSR count). The summed E-state index contributed by atoms with van der Waals surface area (Å²) in [4.78, 5) is 12.0. The Bertz CT molecular complexity index is 935. The minimum atomic E-state index is -0.640. The zero-order valence-electron chi connectivity index (χ0n) is 14.3. The van der Waals surface area contributed by atoms with Crippen molar-refractivity contribution in [2.75, 3.05) is 0 Å². The predicted octanol–water partition coefficient (Wildman–Crippen LogP) is 5.13. The number of halogens is 1. The topological polar surface area (TPSA) is 65.2 Å². The molecule has 0 spiro atoms. The molecular formula is C20H17BrN2O3. The second kappa shape index (κ2) is 8.10. The number of aryl methyl sites for hydroxylation is 1. The van der Waals surface area contributed by atoms with E-state index >= 15 is 0 Å². The van der Waals surface area contributed by atoms with E-state index in [1.165, 1.54) is 6.08 Å². The number of carbonyl (C=O) groups is 1. The van der Waals surface area contributed by atoms with E-state index in [-0.39, 0.29) is 5.89 Å². The van der Waals surface area contributed by atoms with Crippen LogP contribution in [0.25, 0.3) is 17.5 Å². The molecule has 0 aliphatic carbocycles. The Morgan fingerprint density at radius 1 is 1.19 bits per heavy atom. The molecule has 0 radical (unpaired) electrons. The van der Waals surface area contributed by atoms with Crippen LogP contribution in [0.1, 0.15) is 30.0 Å². The maximum absolute atomic E-state index is 12.0. The number of ether oxygens (including phenoxy) is 1. The highest BCUT2D eigenvalue weighted by atomic mass is 79.9. The molecule has 132 valence electrons. The minimum absolute atomic E-state index is 0.252. The van der Waals surface area contributed by atoms with Crippen LogP contribution in [0.5, 0.6) is 0 Å². The van der Waals surface area contributed by atoms with Crippen LogP contribution in [0.2, 0.25) is 0 Å². The summed E-state index contributed by atoms with van der Waals surface area (Å²) in [6, 6.07) is 15.3. The van der Waals surface area contributed by atoms with Crippen molar-refractivity contribution in [3.63, 3.8) is 0 Å². The molecule has 0 bridgehead atoms. The summed E-state index contributed by atoms with van der Waals surface area (Å²) in [7, 11) is 0. The van der Waals surface area contributed by atoms with Crippen molar-refractivity contribution in [3.05, 3.63) is 76.1 Å². The van der Waals surface area contributed by atoms with Gasteiger partial charge < -0.3 is 9.15 Å². The van der Waals surface area contributed by atoms with Crippen LogP contribution in [0.3, 0.4) is 0 Å². The maximum atomic E-state index is 12.0. The second-order valence-electron chi connectivity index (χ2n) is 5.75. The van der Waals surface area contributed by atoms with E-state index in [1.54, 1.807) is 13.0 Å². The van der Waals surface area contributed by atoms with Gasteiger partial charge >= 0.3 is 5.97 Å². The lowest BCUT2D eigenvalue weighted by atomic mass is 10.1. The zero-order chi connectivity index (χ0) is 18.5. The SMILES string of the molecule is Cc1ccc(/C=C/C(=O)O[C@@H](C)c2nnc(-c3ccccc3)o2)c(Br)c1. The van der Waals surface area contributed by atoms with Crippen LogP contribution < -0.4 is 0 Å². The van der Waals surface area contributed by atoms with Crippen LogP contribution in [-0.4, -0.2) is 16.2 Å². The molecule has 0 aliphatic heterocycles. The molecule has 0 saturated heterocycles. The van der Waals surface area contributed by atoms with Crippen molar-refractivity contribution in [2.24, 2.45) is 0 Å². The van der Waals surface area contributed by atoms with Crippen molar-refractivity contribution in [1.82, 2.24) is 10.2 Å². The first kappa shape index (κ1) is 18.1. The molecule has 2 aromatic carbocycles. The largest absolute Gasteiger partial charge is 0.449 e. The Morgan fingerprint density at radius 2 is 1.96 bits per heavy atom. The lowest BCUT2D eigenvalue weighted by Gasteiger charge is -2.07. The van der Waals surface area contributed by atoms with Crippen molar-refractivity contribution in [2.45, 2.75) is 20.0 Å². The van der Waals surface area contributed by atoms with Crippen LogP contribution in [0.15, 0.2) is 63.5 Å². The summed E-state index contributed by atoms with van der Waals surface area (Å²) in [6.07, 6.45) is 2.43. The number of hydrogen-bond acceptors (Lipinski definition) is 5. The highest BCUT2D eigenvalue weighted by molar-refractivity contribution is 9.10. The Hall–Kier alpha value is -2.73. The van der Waals surface area contributed by atoms with Crippen LogP contribution in [0.4, 0.5) is 0 Å². The Kier molecular flexibility index (Phi) is 5.63. The number of carbonyl (C=O) groups excluding carboxylic acids is 1. The Morgan fingerprint density at radius 3 is 2.69 bits per heavy atom. The normalized spacial score (nSPS) is 12.3. The van der Waals surface area contributed by atoms with E-state index in [9.17, 15) is 4.79 Å². The van der Waals surface area contributed by atoms with E-state index in [4.69, 9.17) is 9.15 Å². The second-order valence-corrected chi connectivity index (χ2v) is 6.60. The first-order chi connectivity index (χ1) is 12.5. The summed E-state index contributed by atoms with van der Waals surface area (Å²) in [5.74, 6) is 0.161. The molecule has 6 heteroatoms. The van der Waals surface area contributed by atoms with Crippen molar-refractivity contribution in [3.8, 4) is 11.5 Å².